The molecule has 0 aliphatic rings. The van der Waals surface area contributed by atoms with Crippen molar-refractivity contribution >= 4 is 0 Å². The highest BCUT2D eigenvalue weighted by Gasteiger charge is 1.99. The molecule has 64 valence electrons. The zero-order valence-electron chi connectivity index (χ0n) is 8.07. The van der Waals surface area contributed by atoms with E-state index < -0.39 is 0 Å². The molecule has 1 N–H and O–H groups in total. The molecule has 0 aromatic heterocycles. The van der Waals surface area contributed by atoms with Crippen LogP contribution in [0.4, 0.5) is 0 Å². The average molecular weight is 153 g/mol. The first-order valence-corrected chi connectivity index (χ1v) is 4.22. The third-order valence-electron chi connectivity index (χ3n) is 1.58. The molecule has 1 nitrogen and oxygen atoms in total. The van der Waals surface area contributed by atoms with E-state index in [9.17, 15) is 0 Å². The summed E-state index contributed by atoms with van der Waals surface area (Å²) in [6.45, 7) is 12.4. The Bertz CT molecular complexity index is 154. The zero-order chi connectivity index (χ0) is 8.85. The molecule has 0 saturated carbocycles. The summed E-state index contributed by atoms with van der Waals surface area (Å²) < 4.78 is 0. The lowest BCUT2D eigenvalue weighted by Crippen LogP contribution is -2.22. The van der Waals surface area contributed by atoms with E-state index in [0.29, 0.717) is 6.04 Å². The van der Waals surface area contributed by atoms with Crippen LogP contribution in [-0.4, -0.2) is 6.04 Å². The molecule has 0 bridgehead atoms. The second kappa shape index (κ2) is 5.00. The van der Waals surface area contributed by atoms with Gasteiger partial charge in [-0.1, -0.05) is 19.6 Å². The van der Waals surface area contributed by atoms with Crippen LogP contribution in [0.5, 0.6) is 0 Å². The molecule has 0 amide bonds. The van der Waals surface area contributed by atoms with E-state index in [1.165, 1.54) is 5.57 Å². The third kappa shape index (κ3) is 3.87. The summed E-state index contributed by atoms with van der Waals surface area (Å²) in [7, 11) is 0. The Morgan fingerprint density at radius 1 is 1.55 bits per heavy atom. The first kappa shape index (κ1) is 10.3. The predicted molar refractivity (Wildman–Crippen MR) is 51.5 cm³/mol. The second-order valence-electron chi connectivity index (χ2n) is 2.95. The molecule has 0 unspecified atom stereocenters. The molecule has 0 aromatic carbocycles. The number of allylic oxidation sites excluding steroid dienone is 2. The maximum absolute atomic E-state index is 3.96. The van der Waals surface area contributed by atoms with Crippen molar-refractivity contribution in [2.24, 2.45) is 0 Å². The Morgan fingerprint density at radius 3 is 2.36 bits per heavy atom. The highest BCUT2D eigenvalue weighted by atomic mass is 14.9. The van der Waals surface area contributed by atoms with Gasteiger partial charge in [-0.15, -0.1) is 0 Å². The Labute approximate surface area is 70.2 Å². The van der Waals surface area contributed by atoms with Crippen LogP contribution in [0.3, 0.4) is 0 Å². The largest absolute Gasteiger partial charge is 0.383 e. The Hall–Kier alpha value is -0.720. The van der Waals surface area contributed by atoms with Gasteiger partial charge in [-0.2, -0.15) is 0 Å². The SMILES string of the molecule is C=C(NC(C)C)/C(=C/C)CC. The standard InChI is InChI=1S/C10H19N/c1-6-10(7-2)9(5)11-8(3)4/h6,8,11H,5,7H2,1-4H3/b10-6+. The van der Waals surface area contributed by atoms with Gasteiger partial charge in [0, 0.05) is 11.7 Å². The van der Waals surface area contributed by atoms with Gasteiger partial charge in [-0.25, -0.2) is 0 Å². The zero-order valence-corrected chi connectivity index (χ0v) is 8.07. The van der Waals surface area contributed by atoms with Crippen LogP contribution in [0.2, 0.25) is 0 Å². The fourth-order valence-corrected chi connectivity index (χ4v) is 1.03. The lowest BCUT2D eigenvalue weighted by Gasteiger charge is -2.14. The van der Waals surface area contributed by atoms with E-state index in [-0.39, 0.29) is 0 Å². The minimum Gasteiger partial charge on any atom is -0.383 e. The fraction of sp³-hybridized carbons (Fsp3) is 0.600. The lowest BCUT2D eigenvalue weighted by molar-refractivity contribution is 0.672. The lowest BCUT2D eigenvalue weighted by atomic mass is 10.1. The van der Waals surface area contributed by atoms with E-state index in [0.717, 1.165) is 12.1 Å². The van der Waals surface area contributed by atoms with Gasteiger partial charge in [0.25, 0.3) is 0 Å². The van der Waals surface area contributed by atoms with Gasteiger partial charge < -0.3 is 5.32 Å². The van der Waals surface area contributed by atoms with Crippen LogP contribution < -0.4 is 5.32 Å². The van der Waals surface area contributed by atoms with Gasteiger partial charge >= 0.3 is 0 Å². The molecule has 0 saturated heterocycles. The van der Waals surface area contributed by atoms with Gasteiger partial charge in [0.15, 0.2) is 0 Å². The minimum absolute atomic E-state index is 0.476. The topological polar surface area (TPSA) is 12.0 Å². The molecule has 0 heterocycles. The molecule has 0 fully saturated rings. The molecule has 0 atom stereocenters. The average Bonchev–Trinajstić information content (AvgIpc) is 1.88. The number of rotatable bonds is 4. The van der Waals surface area contributed by atoms with E-state index in [1.54, 1.807) is 0 Å². The Kier molecular flexibility index (Phi) is 4.67. The van der Waals surface area contributed by atoms with Gasteiger partial charge in [-0.3, -0.25) is 0 Å². The van der Waals surface area contributed by atoms with Crippen molar-refractivity contribution in [3.63, 3.8) is 0 Å². The van der Waals surface area contributed by atoms with Crippen LogP contribution in [0.1, 0.15) is 34.1 Å². The summed E-state index contributed by atoms with van der Waals surface area (Å²) in [5.74, 6) is 0. The molecular weight excluding hydrogens is 134 g/mol. The first-order valence-electron chi connectivity index (χ1n) is 4.22. The van der Waals surface area contributed by atoms with Gasteiger partial charge in [0.2, 0.25) is 0 Å². The smallest absolute Gasteiger partial charge is 0.0298 e. The van der Waals surface area contributed by atoms with Crippen molar-refractivity contribution in [2.45, 2.75) is 40.2 Å². The van der Waals surface area contributed by atoms with Crippen LogP contribution in [0, 0.1) is 0 Å². The monoisotopic (exact) mass is 153 g/mol. The Morgan fingerprint density at radius 2 is 2.09 bits per heavy atom. The summed E-state index contributed by atoms with van der Waals surface area (Å²) in [5.41, 5.74) is 2.36. The van der Waals surface area contributed by atoms with Crippen LogP contribution in [-0.2, 0) is 0 Å². The second-order valence-corrected chi connectivity index (χ2v) is 2.95. The van der Waals surface area contributed by atoms with Crippen molar-refractivity contribution in [2.75, 3.05) is 0 Å². The van der Waals surface area contributed by atoms with Crippen LogP contribution >= 0.6 is 0 Å². The van der Waals surface area contributed by atoms with E-state index in [1.807, 2.05) is 6.92 Å². The summed E-state index contributed by atoms with van der Waals surface area (Å²) in [5, 5.41) is 3.28. The van der Waals surface area contributed by atoms with Gasteiger partial charge in [0.1, 0.15) is 0 Å². The highest BCUT2D eigenvalue weighted by molar-refractivity contribution is 5.25. The molecule has 1 heteroatoms. The molecule has 11 heavy (non-hydrogen) atoms. The molecule has 0 spiro atoms. The minimum atomic E-state index is 0.476. The van der Waals surface area contributed by atoms with Crippen molar-refractivity contribution < 1.29 is 0 Å². The maximum Gasteiger partial charge on any atom is 0.0298 e. The maximum atomic E-state index is 3.96. The summed E-state index contributed by atoms with van der Waals surface area (Å²) in [4.78, 5) is 0. The first-order chi connectivity index (χ1) is 5.11. The number of hydrogen-bond donors (Lipinski definition) is 1. The van der Waals surface area contributed by atoms with E-state index >= 15 is 0 Å². The summed E-state index contributed by atoms with van der Waals surface area (Å²) >= 11 is 0. The molecule has 0 aliphatic heterocycles. The van der Waals surface area contributed by atoms with E-state index in [4.69, 9.17) is 0 Å². The quantitative estimate of drug-likeness (QED) is 0.612. The molecule has 0 radical (unpaired) electrons. The van der Waals surface area contributed by atoms with Crippen molar-refractivity contribution in [3.8, 4) is 0 Å². The fourth-order valence-electron chi connectivity index (χ4n) is 1.03. The van der Waals surface area contributed by atoms with Crippen molar-refractivity contribution in [1.29, 1.82) is 0 Å². The third-order valence-corrected chi connectivity index (χ3v) is 1.58. The molecular formula is C10H19N. The molecule has 0 aliphatic carbocycles. The van der Waals surface area contributed by atoms with Crippen LogP contribution in [0.25, 0.3) is 0 Å². The van der Waals surface area contributed by atoms with Crippen LogP contribution in [0.15, 0.2) is 23.9 Å². The Balaban J connectivity index is 4.02. The highest BCUT2D eigenvalue weighted by Crippen LogP contribution is 2.08. The predicted octanol–water partition coefficient (Wildman–Crippen LogP) is 2.85. The van der Waals surface area contributed by atoms with Crippen molar-refractivity contribution in [3.05, 3.63) is 23.9 Å². The number of nitrogens with one attached hydrogen (secondary N) is 1. The molecule has 0 rings (SSSR count). The van der Waals surface area contributed by atoms with Crippen molar-refractivity contribution in [1.82, 2.24) is 5.32 Å². The van der Waals surface area contributed by atoms with Gasteiger partial charge in [0.05, 0.1) is 0 Å². The number of hydrogen-bond acceptors (Lipinski definition) is 1. The molecule has 0 aromatic rings. The summed E-state index contributed by atoms with van der Waals surface area (Å²) in [6.07, 6.45) is 3.16. The van der Waals surface area contributed by atoms with E-state index in [2.05, 4.69) is 38.7 Å². The van der Waals surface area contributed by atoms with Gasteiger partial charge in [-0.05, 0) is 32.8 Å². The normalized spacial score (nSPS) is 11.9. The summed E-state index contributed by atoms with van der Waals surface area (Å²) in [6, 6.07) is 0.476.